The molecule has 0 N–H and O–H groups in total. The Morgan fingerprint density at radius 1 is 1.05 bits per heavy atom. The van der Waals surface area contributed by atoms with Gasteiger partial charge < -0.3 is 4.43 Å². The molecule has 0 unspecified atom stereocenters. The molecule has 1 nitrogen and oxygen atoms in total. The van der Waals surface area contributed by atoms with Crippen LogP contribution in [-0.2, 0) is 4.43 Å². The van der Waals surface area contributed by atoms with Crippen LogP contribution in [0.5, 0.6) is 0 Å². The predicted molar refractivity (Wildman–Crippen MR) is 83.2 cm³/mol. The molecule has 3 atom stereocenters. The minimum absolute atomic E-state index is 0.280. The van der Waals surface area contributed by atoms with E-state index in [1.807, 2.05) is 0 Å². The first kappa shape index (κ1) is 13.4. The zero-order valence-electron chi connectivity index (χ0n) is 12.5. The fraction of sp³-hybridized carbons (Fsp3) is 0.647. The summed E-state index contributed by atoms with van der Waals surface area (Å²) in [6, 6.07) is 12.5. The van der Waals surface area contributed by atoms with Gasteiger partial charge in [-0.05, 0) is 35.0 Å². The van der Waals surface area contributed by atoms with Crippen LogP contribution in [0.4, 0.5) is 0 Å². The van der Waals surface area contributed by atoms with Crippen LogP contribution in [0.2, 0.25) is 11.6 Å². The van der Waals surface area contributed by atoms with Gasteiger partial charge in [-0.15, -0.1) is 0 Å². The van der Waals surface area contributed by atoms with E-state index in [0.29, 0.717) is 6.10 Å². The fourth-order valence-corrected chi connectivity index (χ4v) is 9.41. The Bertz CT molecular complexity index is 436. The lowest BCUT2D eigenvalue weighted by Crippen LogP contribution is -2.58. The molecule has 0 aliphatic carbocycles. The molecule has 104 valence electrons. The molecule has 0 aromatic heterocycles. The summed E-state index contributed by atoms with van der Waals surface area (Å²) in [5, 5.41) is 1.55. The van der Waals surface area contributed by atoms with Crippen LogP contribution >= 0.6 is 0 Å². The third-order valence-corrected chi connectivity index (χ3v) is 10.1. The topological polar surface area (TPSA) is 9.23 Å². The normalized spacial score (nSPS) is 35.1. The third kappa shape index (κ3) is 2.29. The number of hydrogen-bond donors (Lipinski definition) is 0. The second kappa shape index (κ2) is 4.74. The molecule has 1 aromatic rings. The van der Waals surface area contributed by atoms with E-state index in [2.05, 4.69) is 51.1 Å². The summed E-state index contributed by atoms with van der Waals surface area (Å²) in [6.07, 6.45) is 5.88. The molecule has 2 aliphatic rings. The maximum atomic E-state index is 6.89. The zero-order chi connectivity index (χ0) is 13.5. The van der Waals surface area contributed by atoms with E-state index in [-0.39, 0.29) is 5.41 Å². The van der Waals surface area contributed by atoms with Gasteiger partial charge in [0.25, 0.3) is 0 Å². The van der Waals surface area contributed by atoms with Crippen molar-refractivity contribution >= 4 is 13.5 Å². The molecular weight excluding hydrogens is 248 g/mol. The lowest BCUT2D eigenvalue weighted by Gasteiger charge is -2.46. The first-order valence-electron chi connectivity index (χ1n) is 7.76. The lowest BCUT2D eigenvalue weighted by molar-refractivity contribution is 0.0529. The highest BCUT2D eigenvalue weighted by Gasteiger charge is 2.53. The Balaban J connectivity index is 1.96. The number of hydrogen-bond acceptors (Lipinski definition) is 1. The molecule has 0 spiro atoms. The van der Waals surface area contributed by atoms with Crippen molar-refractivity contribution < 1.29 is 4.43 Å². The maximum absolute atomic E-state index is 6.89. The highest BCUT2D eigenvalue weighted by molar-refractivity contribution is 6.88. The quantitative estimate of drug-likeness (QED) is 0.696. The first-order chi connectivity index (χ1) is 9.02. The summed E-state index contributed by atoms with van der Waals surface area (Å²) in [6.45, 7) is 7.00. The van der Waals surface area contributed by atoms with Crippen molar-refractivity contribution in [1.29, 1.82) is 0 Å². The molecule has 2 fully saturated rings. The van der Waals surface area contributed by atoms with E-state index in [4.69, 9.17) is 4.43 Å². The van der Waals surface area contributed by atoms with E-state index in [1.165, 1.54) is 31.7 Å². The smallest absolute Gasteiger partial charge is 0.227 e. The average molecular weight is 274 g/mol. The molecule has 2 saturated heterocycles. The van der Waals surface area contributed by atoms with Gasteiger partial charge in [-0.25, -0.2) is 0 Å². The summed E-state index contributed by atoms with van der Waals surface area (Å²) in [5.74, 6) is 0. The van der Waals surface area contributed by atoms with Crippen LogP contribution in [0, 0.1) is 5.41 Å². The minimum Gasteiger partial charge on any atom is -0.409 e. The number of benzene rings is 1. The molecule has 3 rings (SSSR count). The Morgan fingerprint density at radius 3 is 2.47 bits per heavy atom. The van der Waals surface area contributed by atoms with Gasteiger partial charge in [0.2, 0.25) is 8.32 Å². The van der Waals surface area contributed by atoms with Gasteiger partial charge in [0.15, 0.2) is 0 Å². The van der Waals surface area contributed by atoms with Crippen LogP contribution in [0.25, 0.3) is 0 Å². The van der Waals surface area contributed by atoms with Gasteiger partial charge in [-0.1, -0.05) is 63.9 Å². The Labute approximate surface area is 118 Å². The van der Waals surface area contributed by atoms with Gasteiger partial charge in [-0.3, -0.25) is 0 Å². The average Bonchev–Trinajstić information content (AvgIpc) is 2.82. The van der Waals surface area contributed by atoms with E-state index >= 15 is 0 Å². The van der Waals surface area contributed by atoms with Crippen molar-refractivity contribution in [2.24, 2.45) is 5.41 Å². The van der Waals surface area contributed by atoms with Gasteiger partial charge in [-0.2, -0.15) is 0 Å². The van der Waals surface area contributed by atoms with E-state index < -0.39 is 8.32 Å². The second-order valence-electron chi connectivity index (χ2n) is 7.39. The summed E-state index contributed by atoms with van der Waals surface area (Å²) < 4.78 is 6.89. The molecule has 1 aromatic carbocycles. The minimum atomic E-state index is -1.70. The van der Waals surface area contributed by atoms with Crippen molar-refractivity contribution in [2.75, 3.05) is 0 Å². The van der Waals surface area contributed by atoms with Gasteiger partial charge >= 0.3 is 0 Å². The Hall–Kier alpha value is -0.603. The predicted octanol–water partition coefficient (Wildman–Crippen LogP) is 4.23. The second-order valence-corrected chi connectivity index (χ2v) is 11.3. The monoisotopic (exact) mass is 274 g/mol. The highest BCUT2D eigenvalue weighted by atomic mass is 28.4. The molecular formula is C17H26OSi. The van der Waals surface area contributed by atoms with Crippen molar-refractivity contribution in [3.63, 3.8) is 0 Å². The molecule has 0 amide bonds. The lowest BCUT2D eigenvalue weighted by atomic mass is 9.86. The van der Waals surface area contributed by atoms with Gasteiger partial charge in [0.1, 0.15) is 0 Å². The number of fused-ring (bicyclic) bond motifs is 1. The van der Waals surface area contributed by atoms with E-state index in [9.17, 15) is 0 Å². The largest absolute Gasteiger partial charge is 0.409 e. The summed E-state index contributed by atoms with van der Waals surface area (Å²) in [5.41, 5.74) is 1.15. The molecule has 0 radical (unpaired) electrons. The van der Waals surface area contributed by atoms with Crippen molar-refractivity contribution in [1.82, 2.24) is 0 Å². The standard InChI is InChI=1S/C17H26OSi/c1-17(2,3)16-12-11-15-10-7-13-19(15,18-16)14-8-5-4-6-9-14/h4-6,8-9,15-16H,7,10-13H2,1-3H3/t15-,16+,19+/m1/s1. The van der Waals surface area contributed by atoms with Gasteiger partial charge in [0.05, 0.1) is 6.10 Å². The van der Waals surface area contributed by atoms with Crippen LogP contribution in [0.3, 0.4) is 0 Å². The van der Waals surface area contributed by atoms with Crippen molar-refractivity contribution in [3.05, 3.63) is 30.3 Å². The van der Waals surface area contributed by atoms with Crippen molar-refractivity contribution in [3.8, 4) is 0 Å². The summed E-state index contributed by atoms with van der Waals surface area (Å²) >= 11 is 0. The summed E-state index contributed by atoms with van der Waals surface area (Å²) in [7, 11) is -1.70. The van der Waals surface area contributed by atoms with Crippen LogP contribution in [0.1, 0.15) is 46.5 Å². The first-order valence-corrected chi connectivity index (χ1v) is 9.95. The number of rotatable bonds is 1. The zero-order valence-corrected chi connectivity index (χ0v) is 13.5. The van der Waals surface area contributed by atoms with E-state index in [0.717, 1.165) is 5.54 Å². The van der Waals surface area contributed by atoms with E-state index in [1.54, 1.807) is 5.19 Å². The van der Waals surface area contributed by atoms with Crippen LogP contribution in [0.15, 0.2) is 30.3 Å². The fourth-order valence-electron chi connectivity index (χ4n) is 4.02. The summed E-state index contributed by atoms with van der Waals surface area (Å²) in [4.78, 5) is 0. The van der Waals surface area contributed by atoms with Crippen LogP contribution in [-0.4, -0.2) is 14.4 Å². The Morgan fingerprint density at radius 2 is 1.79 bits per heavy atom. The molecule has 2 heteroatoms. The maximum Gasteiger partial charge on any atom is 0.227 e. The molecule has 0 bridgehead atoms. The SMILES string of the molecule is CC(C)(C)[C@@H]1CC[C@H]2CCC[Si@@]2(c2ccccc2)O1. The molecule has 2 aliphatic heterocycles. The molecule has 2 heterocycles. The van der Waals surface area contributed by atoms with Crippen molar-refractivity contribution in [2.45, 2.75) is 64.1 Å². The molecule has 19 heavy (non-hydrogen) atoms. The Kier molecular flexibility index (Phi) is 3.34. The third-order valence-electron chi connectivity index (χ3n) is 5.12. The molecule has 0 saturated carbocycles. The highest BCUT2D eigenvalue weighted by Crippen LogP contribution is 2.49. The van der Waals surface area contributed by atoms with Crippen LogP contribution < -0.4 is 5.19 Å². The van der Waals surface area contributed by atoms with Gasteiger partial charge in [0, 0.05) is 0 Å².